The second kappa shape index (κ2) is 5.15. The maximum Gasteiger partial charge on any atom is 0.255 e. The average Bonchev–Trinajstić information content (AvgIpc) is 2.85. The minimum absolute atomic E-state index is 0.104. The molecule has 96 valence electrons. The van der Waals surface area contributed by atoms with Crippen molar-refractivity contribution in [2.75, 3.05) is 5.32 Å². The second-order valence-electron chi connectivity index (χ2n) is 4.44. The van der Waals surface area contributed by atoms with Crippen LogP contribution >= 0.6 is 15.9 Å². The molecule has 2 aromatic rings. The highest BCUT2D eigenvalue weighted by atomic mass is 79.9. The summed E-state index contributed by atoms with van der Waals surface area (Å²) in [5.74, 6) is -0.104. The summed E-state index contributed by atoms with van der Waals surface area (Å²) in [5, 5.41) is 2.88. The van der Waals surface area contributed by atoms with Crippen molar-refractivity contribution in [3.8, 4) is 0 Å². The number of ether oxygens (including phenoxy) is 1. The van der Waals surface area contributed by atoms with E-state index in [1.807, 2.05) is 42.5 Å². The highest BCUT2D eigenvalue weighted by Gasteiger charge is 2.14. The summed E-state index contributed by atoms with van der Waals surface area (Å²) in [5.41, 5.74) is 3.70. The van der Waals surface area contributed by atoms with Crippen LogP contribution < -0.4 is 5.32 Å². The monoisotopic (exact) mass is 317 g/mol. The van der Waals surface area contributed by atoms with E-state index in [0.29, 0.717) is 18.8 Å². The molecule has 1 heterocycles. The van der Waals surface area contributed by atoms with Gasteiger partial charge in [0, 0.05) is 15.7 Å². The Morgan fingerprint density at radius 3 is 2.79 bits per heavy atom. The average molecular weight is 318 g/mol. The van der Waals surface area contributed by atoms with E-state index in [1.54, 1.807) is 0 Å². The highest BCUT2D eigenvalue weighted by molar-refractivity contribution is 9.10. The summed E-state index contributed by atoms with van der Waals surface area (Å²) in [6, 6.07) is 13.2. The normalized spacial score (nSPS) is 13.1. The van der Waals surface area contributed by atoms with E-state index in [2.05, 4.69) is 21.2 Å². The van der Waals surface area contributed by atoms with Crippen molar-refractivity contribution in [2.24, 2.45) is 0 Å². The summed E-state index contributed by atoms with van der Waals surface area (Å²) in [4.78, 5) is 12.2. The standard InChI is InChI=1S/C15H12BrNO2/c16-13-2-1-3-14(7-13)17-15(18)10-4-5-11-8-19-9-12(11)6-10/h1-7H,8-9H2,(H,17,18). The Hall–Kier alpha value is -1.65. The van der Waals surface area contributed by atoms with Crippen molar-refractivity contribution in [1.29, 1.82) is 0 Å². The first-order chi connectivity index (χ1) is 9.22. The van der Waals surface area contributed by atoms with Crippen LogP contribution in [0.5, 0.6) is 0 Å². The molecule has 19 heavy (non-hydrogen) atoms. The largest absolute Gasteiger partial charge is 0.372 e. The van der Waals surface area contributed by atoms with Crippen LogP contribution in [0.2, 0.25) is 0 Å². The first kappa shape index (κ1) is 12.4. The van der Waals surface area contributed by atoms with Gasteiger partial charge in [-0.25, -0.2) is 0 Å². The molecule has 1 aliphatic heterocycles. The molecule has 0 aliphatic carbocycles. The number of nitrogens with one attached hydrogen (secondary N) is 1. The quantitative estimate of drug-likeness (QED) is 0.916. The van der Waals surface area contributed by atoms with Crippen molar-refractivity contribution >= 4 is 27.5 Å². The van der Waals surface area contributed by atoms with E-state index in [4.69, 9.17) is 4.74 Å². The van der Waals surface area contributed by atoms with Crippen molar-refractivity contribution in [2.45, 2.75) is 13.2 Å². The number of anilines is 1. The molecule has 3 nitrogen and oxygen atoms in total. The Balaban J connectivity index is 1.81. The molecule has 1 aliphatic rings. The maximum absolute atomic E-state index is 12.2. The SMILES string of the molecule is O=C(Nc1cccc(Br)c1)c1ccc2c(c1)COC2. The Kier molecular flexibility index (Phi) is 3.36. The minimum Gasteiger partial charge on any atom is -0.372 e. The fraction of sp³-hybridized carbons (Fsp3) is 0.133. The zero-order chi connectivity index (χ0) is 13.2. The first-order valence-corrected chi connectivity index (χ1v) is 6.78. The van der Waals surface area contributed by atoms with E-state index in [-0.39, 0.29) is 5.91 Å². The van der Waals surface area contributed by atoms with Crippen molar-refractivity contribution in [3.05, 3.63) is 63.6 Å². The van der Waals surface area contributed by atoms with E-state index < -0.39 is 0 Å². The predicted octanol–water partition coefficient (Wildman–Crippen LogP) is 3.73. The molecule has 0 saturated heterocycles. The zero-order valence-corrected chi connectivity index (χ0v) is 11.7. The fourth-order valence-corrected chi connectivity index (χ4v) is 2.48. The third-order valence-electron chi connectivity index (χ3n) is 3.07. The first-order valence-electron chi connectivity index (χ1n) is 5.99. The number of benzene rings is 2. The van der Waals surface area contributed by atoms with E-state index >= 15 is 0 Å². The smallest absolute Gasteiger partial charge is 0.255 e. The van der Waals surface area contributed by atoms with E-state index in [1.165, 1.54) is 5.56 Å². The lowest BCUT2D eigenvalue weighted by Crippen LogP contribution is -2.12. The molecule has 0 atom stereocenters. The summed E-state index contributed by atoms with van der Waals surface area (Å²) < 4.78 is 6.28. The van der Waals surface area contributed by atoms with Gasteiger partial charge in [-0.15, -0.1) is 0 Å². The third kappa shape index (κ3) is 2.69. The highest BCUT2D eigenvalue weighted by Crippen LogP contribution is 2.22. The van der Waals surface area contributed by atoms with Crippen LogP contribution in [0.25, 0.3) is 0 Å². The van der Waals surface area contributed by atoms with Gasteiger partial charge >= 0.3 is 0 Å². The van der Waals surface area contributed by atoms with Crippen LogP contribution in [0, 0.1) is 0 Å². The van der Waals surface area contributed by atoms with Gasteiger partial charge in [-0.3, -0.25) is 4.79 Å². The van der Waals surface area contributed by atoms with Crippen LogP contribution in [-0.4, -0.2) is 5.91 Å². The number of halogens is 1. The predicted molar refractivity (Wildman–Crippen MR) is 77.0 cm³/mol. The number of hydrogen-bond donors (Lipinski definition) is 1. The Morgan fingerprint density at radius 1 is 1.11 bits per heavy atom. The number of amides is 1. The van der Waals surface area contributed by atoms with Gasteiger partial charge in [0.1, 0.15) is 0 Å². The summed E-state index contributed by atoms with van der Waals surface area (Å²) >= 11 is 3.38. The number of fused-ring (bicyclic) bond motifs is 1. The van der Waals surface area contributed by atoms with E-state index in [9.17, 15) is 4.79 Å². The lowest BCUT2D eigenvalue weighted by Gasteiger charge is -2.07. The van der Waals surface area contributed by atoms with Crippen molar-refractivity contribution in [3.63, 3.8) is 0 Å². The molecule has 0 spiro atoms. The maximum atomic E-state index is 12.2. The van der Waals surface area contributed by atoms with Crippen molar-refractivity contribution in [1.82, 2.24) is 0 Å². The number of carbonyl (C=O) groups excluding carboxylic acids is 1. The molecule has 0 radical (unpaired) electrons. The van der Waals surface area contributed by atoms with Crippen LogP contribution in [0.1, 0.15) is 21.5 Å². The van der Waals surface area contributed by atoms with Gasteiger partial charge in [0.15, 0.2) is 0 Å². The Morgan fingerprint density at radius 2 is 1.95 bits per heavy atom. The molecule has 2 aromatic carbocycles. The lowest BCUT2D eigenvalue weighted by atomic mass is 10.1. The molecule has 0 aromatic heterocycles. The molecular formula is C15H12BrNO2. The van der Waals surface area contributed by atoms with Crippen LogP contribution in [0.15, 0.2) is 46.9 Å². The lowest BCUT2D eigenvalue weighted by molar-refractivity contribution is 0.102. The van der Waals surface area contributed by atoms with Gasteiger partial charge in [0.05, 0.1) is 13.2 Å². The molecule has 0 bridgehead atoms. The van der Waals surface area contributed by atoms with Gasteiger partial charge in [0.25, 0.3) is 5.91 Å². The zero-order valence-electron chi connectivity index (χ0n) is 10.2. The summed E-state index contributed by atoms with van der Waals surface area (Å²) in [6.07, 6.45) is 0. The molecule has 0 fully saturated rings. The van der Waals surface area contributed by atoms with Crippen molar-refractivity contribution < 1.29 is 9.53 Å². The fourth-order valence-electron chi connectivity index (χ4n) is 2.08. The topological polar surface area (TPSA) is 38.3 Å². The van der Waals surface area contributed by atoms with E-state index in [0.717, 1.165) is 15.7 Å². The van der Waals surface area contributed by atoms with Crippen LogP contribution in [-0.2, 0) is 18.0 Å². The van der Waals surface area contributed by atoms with Gasteiger partial charge in [-0.2, -0.15) is 0 Å². The summed E-state index contributed by atoms with van der Waals surface area (Å²) in [7, 11) is 0. The van der Waals surface area contributed by atoms with Crippen LogP contribution in [0.3, 0.4) is 0 Å². The molecule has 1 amide bonds. The van der Waals surface area contributed by atoms with Gasteiger partial charge in [-0.05, 0) is 41.5 Å². The summed E-state index contributed by atoms with van der Waals surface area (Å²) in [6.45, 7) is 1.23. The molecule has 0 saturated carbocycles. The van der Waals surface area contributed by atoms with Crippen LogP contribution in [0.4, 0.5) is 5.69 Å². The van der Waals surface area contributed by atoms with Gasteiger partial charge in [-0.1, -0.05) is 28.1 Å². The minimum atomic E-state index is -0.104. The molecule has 4 heteroatoms. The van der Waals surface area contributed by atoms with Gasteiger partial charge < -0.3 is 10.1 Å². The Labute approximate surface area is 119 Å². The molecule has 3 rings (SSSR count). The molecule has 1 N–H and O–H groups in total. The number of rotatable bonds is 2. The van der Waals surface area contributed by atoms with Gasteiger partial charge in [0.2, 0.25) is 0 Å². The molecule has 0 unspecified atom stereocenters. The number of hydrogen-bond acceptors (Lipinski definition) is 2. The number of carbonyl (C=O) groups is 1. The second-order valence-corrected chi connectivity index (χ2v) is 5.36. The third-order valence-corrected chi connectivity index (χ3v) is 3.56. The molecular weight excluding hydrogens is 306 g/mol. The Bertz CT molecular complexity index is 640.